The van der Waals surface area contributed by atoms with Crippen LogP contribution in [0.5, 0.6) is 5.75 Å². The van der Waals surface area contributed by atoms with E-state index in [1.807, 2.05) is 48.5 Å². The predicted molar refractivity (Wildman–Crippen MR) is 125 cm³/mol. The molecule has 0 saturated carbocycles. The van der Waals surface area contributed by atoms with E-state index in [4.69, 9.17) is 4.74 Å². The summed E-state index contributed by atoms with van der Waals surface area (Å²) in [7, 11) is 0. The molecular formula is C25H20N2O4S. The van der Waals surface area contributed by atoms with E-state index in [0.717, 1.165) is 17.3 Å². The van der Waals surface area contributed by atoms with Crippen molar-refractivity contribution in [3.8, 4) is 5.75 Å². The summed E-state index contributed by atoms with van der Waals surface area (Å²) in [6.45, 7) is 0.0376. The van der Waals surface area contributed by atoms with Crippen LogP contribution in [0.25, 0.3) is 6.08 Å². The number of hydrogen-bond acceptors (Lipinski definition) is 5. The molecule has 1 heterocycles. The highest BCUT2D eigenvalue weighted by Gasteiger charge is 2.35. The Hall–Kier alpha value is -3.84. The number of imide groups is 1. The first-order valence-corrected chi connectivity index (χ1v) is 10.8. The van der Waals surface area contributed by atoms with Crippen molar-refractivity contribution in [1.82, 2.24) is 4.90 Å². The lowest BCUT2D eigenvalue weighted by molar-refractivity contribution is -0.123. The number of nitrogens with zero attached hydrogens (tertiary/aromatic N) is 1. The number of thioether (sulfide) groups is 1. The fourth-order valence-electron chi connectivity index (χ4n) is 3.14. The lowest BCUT2D eigenvalue weighted by Gasteiger charge is -2.12. The molecule has 4 rings (SSSR count). The minimum absolute atomic E-state index is 0.185. The zero-order valence-corrected chi connectivity index (χ0v) is 17.9. The second kappa shape index (κ2) is 9.98. The predicted octanol–water partition coefficient (Wildman–Crippen LogP) is 4.94. The fraction of sp³-hybridized carbons (Fsp3) is 0.0800. The zero-order chi connectivity index (χ0) is 22.3. The molecule has 1 aliphatic heterocycles. The van der Waals surface area contributed by atoms with Crippen LogP contribution in [-0.2, 0) is 16.1 Å². The molecular weight excluding hydrogens is 424 g/mol. The van der Waals surface area contributed by atoms with Crippen LogP contribution < -0.4 is 10.1 Å². The summed E-state index contributed by atoms with van der Waals surface area (Å²) in [6.07, 6.45) is 1.63. The number of carbonyl (C=O) groups is 3. The van der Waals surface area contributed by atoms with Gasteiger partial charge in [0.25, 0.3) is 17.1 Å². The SMILES string of the molecule is O=C(COc1ccccc1/C=C1/SC(=O)N(Cc2ccccc2)C1=O)Nc1ccccc1. The van der Waals surface area contributed by atoms with Gasteiger partial charge in [-0.2, -0.15) is 0 Å². The van der Waals surface area contributed by atoms with Gasteiger partial charge in [0.15, 0.2) is 6.61 Å². The van der Waals surface area contributed by atoms with Gasteiger partial charge < -0.3 is 10.1 Å². The lowest BCUT2D eigenvalue weighted by atomic mass is 10.1. The molecule has 1 fully saturated rings. The number of benzene rings is 3. The van der Waals surface area contributed by atoms with Gasteiger partial charge >= 0.3 is 0 Å². The normalized spacial score (nSPS) is 14.6. The molecule has 0 aromatic heterocycles. The van der Waals surface area contributed by atoms with E-state index in [0.29, 0.717) is 21.9 Å². The summed E-state index contributed by atoms with van der Waals surface area (Å²) in [4.78, 5) is 39.0. The molecule has 0 bridgehead atoms. The Balaban J connectivity index is 1.44. The van der Waals surface area contributed by atoms with Gasteiger partial charge in [0.2, 0.25) is 0 Å². The highest BCUT2D eigenvalue weighted by atomic mass is 32.2. The molecule has 1 N–H and O–H groups in total. The van der Waals surface area contributed by atoms with E-state index >= 15 is 0 Å². The van der Waals surface area contributed by atoms with Crippen LogP contribution in [0.3, 0.4) is 0 Å². The largest absolute Gasteiger partial charge is 0.483 e. The molecule has 0 spiro atoms. The second-order valence-corrected chi connectivity index (χ2v) is 7.99. The van der Waals surface area contributed by atoms with Crippen molar-refractivity contribution in [2.75, 3.05) is 11.9 Å². The summed E-state index contributed by atoms with van der Waals surface area (Å²) in [5.41, 5.74) is 2.18. The Morgan fingerprint density at radius 3 is 2.31 bits per heavy atom. The smallest absolute Gasteiger partial charge is 0.293 e. The molecule has 3 aromatic rings. The monoisotopic (exact) mass is 444 g/mol. The Morgan fingerprint density at radius 1 is 0.906 bits per heavy atom. The first-order valence-electron chi connectivity index (χ1n) is 9.96. The van der Waals surface area contributed by atoms with Crippen LogP contribution in [0.1, 0.15) is 11.1 Å². The summed E-state index contributed by atoms with van der Waals surface area (Å²) < 4.78 is 5.69. The minimum Gasteiger partial charge on any atom is -0.483 e. The Kier molecular flexibility index (Phi) is 6.67. The van der Waals surface area contributed by atoms with Crippen LogP contribution in [0.2, 0.25) is 0 Å². The molecule has 6 nitrogen and oxygen atoms in total. The number of amides is 3. The van der Waals surface area contributed by atoms with Crippen molar-refractivity contribution in [1.29, 1.82) is 0 Å². The summed E-state index contributed by atoms with van der Waals surface area (Å²) in [5.74, 6) is -0.194. The number of carbonyl (C=O) groups excluding carboxylic acids is 3. The second-order valence-electron chi connectivity index (χ2n) is 6.99. The average molecular weight is 445 g/mol. The summed E-state index contributed by atoms with van der Waals surface area (Å²) in [6, 6.07) is 25.5. The minimum atomic E-state index is -0.347. The van der Waals surface area contributed by atoms with E-state index < -0.39 is 0 Å². The third-order valence-corrected chi connectivity index (χ3v) is 5.59. The van der Waals surface area contributed by atoms with Gasteiger partial charge in [0, 0.05) is 11.3 Å². The highest BCUT2D eigenvalue weighted by Crippen LogP contribution is 2.34. The van der Waals surface area contributed by atoms with E-state index in [9.17, 15) is 14.4 Å². The van der Waals surface area contributed by atoms with Crippen LogP contribution in [0.15, 0.2) is 89.8 Å². The van der Waals surface area contributed by atoms with Crippen molar-refractivity contribution < 1.29 is 19.1 Å². The molecule has 0 atom stereocenters. The molecule has 3 aromatic carbocycles. The van der Waals surface area contributed by atoms with E-state index in [-0.39, 0.29) is 30.2 Å². The van der Waals surface area contributed by atoms with E-state index in [2.05, 4.69) is 5.32 Å². The molecule has 0 radical (unpaired) electrons. The number of nitrogens with one attached hydrogen (secondary N) is 1. The molecule has 1 aliphatic rings. The highest BCUT2D eigenvalue weighted by molar-refractivity contribution is 8.18. The van der Waals surface area contributed by atoms with E-state index in [1.165, 1.54) is 4.90 Å². The van der Waals surface area contributed by atoms with Crippen molar-refractivity contribution in [2.45, 2.75) is 6.54 Å². The van der Waals surface area contributed by atoms with Gasteiger partial charge in [-0.25, -0.2) is 0 Å². The van der Waals surface area contributed by atoms with Crippen LogP contribution in [0, 0.1) is 0 Å². The number of rotatable bonds is 7. The standard InChI is InChI=1S/C25H20N2O4S/c28-23(26-20-12-5-2-6-13-20)17-31-21-14-8-7-11-19(21)15-22-24(29)27(25(30)32-22)16-18-9-3-1-4-10-18/h1-15H,16-17H2,(H,26,28)/b22-15+. The summed E-state index contributed by atoms with van der Waals surface area (Å²) >= 11 is 0.894. The Bertz CT molecular complexity index is 1160. The lowest BCUT2D eigenvalue weighted by Crippen LogP contribution is -2.27. The number of anilines is 1. The van der Waals surface area contributed by atoms with Gasteiger partial charge in [0.1, 0.15) is 5.75 Å². The van der Waals surface area contributed by atoms with Crippen LogP contribution in [-0.4, -0.2) is 28.6 Å². The first-order chi connectivity index (χ1) is 15.6. The Morgan fingerprint density at radius 2 is 1.56 bits per heavy atom. The number of ether oxygens (including phenoxy) is 1. The maximum atomic E-state index is 12.8. The molecule has 1 saturated heterocycles. The van der Waals surface area contributed by atoms with Gasteiger partial charge in [-0.15, -0.1) is 0 Å². The van der Waals surface area contributed by atoms with Crippen molar-refractivity contribution >= 4 is 40.6 Å². The van der Waals surface area contributed by atoms with Crippen LogP contribution >= 0.6 is 11.8 Å². The zero-order valence-electron chi connectivity index (χ0n) is 17.1. The number of hydrogen-bond donors (Lipinski definition) is 1. The molecule has 32 heavy (non-hydrogen) atoms. The van der Waals surface area contributed by atoms with Crippen molar-refractivity contribution in [3.63, 3.8) is 0 Å². The van der Waals surface area contributed by atoms with Gasteiger partial charge in [-0.1, -0.05) is 66.7 Å². The van der Waals surface area contributed by atoms with Gasteiger partial charge in [0.05, 0.1) is 11.4 Å². The van der Waals surface area contributed by atoms with Crippen molar-refractivity contribution in [3.05, 3.63) is 101 Å². The molecule has 7 heteroatoms. The number of para-hydroxylation sites is 2. The fourth-order valence-corrected chi connectivity index (χ4v) is 3.97. The molecule has 3 amide bonds. The average Bonchev–Trinajstić information content (AvgIpc) is 3.07. The quantitative estimate of drug-likeness (QED) is 0.523. The molecule has 0 unspecified atom stereocenters. The van der Waals surface area contributed by atoms with Crippen molar-refractivity contribution in [2.24, 2.45) is 0 Å². The van der Waals surface area contributed by atoms with Gasteiger partial charge in [-0.3, -0.25) is 19.3 Å². The summed E-state index contributed by atoms with van der Waals surface area (Å²) in [5, 5.41) is 2.44. The molecule has 0 aliphatic carbocycles. The Labute approximate surface area is 189 Å². The maximum Gasteiger partial charge on any atom is 0.293 e. The third kappa shape index (κ3) is 5.25. The van der Waals surface area contributed by atoms with Gasteiger partial charge in [-0.05, 0) is 41.6 Å². The third-order valence-electron chi connectivity index (χ3n) is 4.68. The topological polar surface area (TPSA) is 75.7 Å². The van der Waals surface area contributed by atoms with E-state index in [1.54, 1.807) is 42.5 Å². The molecule has 160 valence electrons. The maximum absolute atomic E-state index is 12.8. The van der Waals surface area contributed by atoms with Crippen LogP contribution in [0.4, 0.5) is 10.5 Å². The first kappa shape index (κ1) is 21.4.